The van der Waals surface area contributed by atoms with Crippen molar-refractivity contribution in [3.8, 4) is 0 Å². The van der Waals surface area contributed by atoms with E-state index in [0.717, 1.165) is 11.3 Å². The molecule has 13 heavy (non-hydrogen) atoms. The second-order valence-electron chi connectivity index (χ2n) is 3.17. The van der Waals surface area contributed by atoms with Crippen LogP contribution in [0, 0.1) is 0 Å². The van der Waals surface area contributed by atoms with Gasteiger partial charge in [-0.2, -0.15) is 12.6 Å². The van der Waals surface area contributed by atoms with Crippen LogP contribution >= 0.6 is 12.6 Å². The minimum Gasteiger partial charge on any atom is -0.327 e. The quantitative estimate of drug-likeness (QED) is 0.724. The molecule has 1 aromatic heterocycles. The molecule has 0 fully saturated rings. The first-order chi connectivity index (χ1) is 6.33. The van der Waals surface area contributed by atoms with Gasteiger partial charge in [0.2, 0.25) is 0 Å². The number of nitrogens with zero attached hydrogens (tertiary/aromatic N) is 2. The van der Waals surface area contributed by atoms with Gasteiger partial charge in [0.25, 0.3) is 0 Å². The third-order valence-corrected chi connectivity index (χ3v) is 2.75. The fourth-order valence-corrected chi connectivity index (χ4v) is 1.59. The lowest BCUT2D eigenvalue weighted by molar-refractivity contribution is 0.628. The molecule has 1 unspecified atom stereocenters. The van der Waals surface area contributed by atoms with E-state index in [4.69, 9.17) is 0 Å². The second kappa shape index (κ2) is 3.42. The highest BCUT2D eigenvalue weighted by atomic mass is 32.1. The maximum Gasteiger partial charge on any atom is 0.0961 e. The van der Waals surface area contributed by atoms with Crippen molar-refractivity contribution in [1.82, 2.24) is 9.55 Å². The molecular formula is C10H12N2S. The molecule has 1 heterocycles. The van der Waals surface area contributed by atoms with E-state index >= 15 is 0 Å². The lowest BCUT2D eigenvalue weighted by Crippen LogP contribution is -2.04. The fourth-order valence-electron chi connectivity index (χ4n) is 1.42. The summed E-state index contributed by atoms with van der Waals surface area (Å²) in [6.45, 7) is 2.14. The van der Waals surface area contributed by atoms with Gasteiger partial charge in [0.05, 0.1) is 17.4 Å². The highest BCUT2D eigenvalue weighted by Crippen LogP contribution is 2.17. The number of thiol groups is 1. The van der Waals surface area contributed by atoms with Gasteiger partial charge in [-0.3, -0.25) is 0 Å². The molecule has 0 amide bonds. The Kier molecular flexibility index (Phi) is 2.27. The molecule has 1 aromatic carbocycles. The number of benzene rings is 1. The zero-order chi connectivity index (χ0) is 9.26. The Balaban J connectivity index is 2.57. The molecule has 2 nitrogen and oxygen atoms in total. The van der Waals surface area contributed by atoms with Gasteiger partial charge in [-0.15, -0.1) is 0 Å². The molecule has 0 aliphatic rings. The highest BCUT2D eigenvalue weighted by Gasteiger charge is 2.06. The average Bonchev–Trinajstić information content (AvgIpc) is 2.60. The third kappa shape index (κ3) is 1.44. The van der Waals surface area contributed by atoms with Crippen molar-refractivity contribution >= 4 is 23.7 Å². The van der Waals surface area contributed by atoms with Gasteiger partial charge in [0, 0.05) is 11.8 Å². The fraction of sp³-hybridized carbons (Fsp3) is 0.300. The van der Waals surface area contributed by atoms with Crippen molar-refractivity contribution in [1.29, 1.82) is 0 Å². The van der Waals surface area contributed by atoms with E-state index in [1.165, 1.54) is 5.52 Å². The van der Waals surface area contributed by atoms with Crippen molar-refractivity contribution in [2.75, 3.05) is 5.75 Å². The Hall–Kier alpha value is -0.960. The summed E-state index contributed by atoms with van der Waals surface area (Å²) in [7, 11) is 0. The molecule has 0 N–H and O–H groups in total. The standard InChI is InChI=1S/C10H12N2S/c1-8(6-13)12-7-11-9-4-2-3-5-10(9)12/h2-5,7-8,13H,6H2,1H3. The van der Waals surface area contributed by atoms with E-state index in [-0.39, 0.29) is 0 Å². The maximum atomic E-state index is 4.32. The number of fused-ring (bicyclic) bond motifs is 1. The molecule has 0 radical (unpaired) electrons. The van der Waals surface area contributed by atoms with Gasteiger partial charge in [-0.05, 0) is 19.1 Å². The van der Waals surface area contributed by atoms with E-state index in [2.05, 4.69) is 35.2 Å². The largest absolute Gasteiger partial charge is 0.327 e. The van der Waals surface area contributed by atoms with Crippen LogP contribution < -0.4 is 0 Å². The van der Waals surface area contributed by atoms with Crippen LogP contribution in [0.2, 0.25) is 0 Å². The van der Waals surface area contributed by atoms with Crippen molar-refractivity contribution in [3.63, 3.8) is 0 Å². The van der Waals surface area contributed by atoms with Gasteiger partial charge in [0.15, 0.2) is 0 Å². The Morgan fingerprint density at radius 2 is 2.23 bits per heavy atom. The van der Waals surface area contributed by atoms with Gasteiger partial charge in [-0.25, -0.2) is 4.98 Å². The zero-order valence-corrected chi connectivity index (χ0v) is 8.41. The van der Waals surface area contributed by atoms with E-state index < -0.39 is 0 Å². The Labute approximate surface area is 83.0 Å². The SMILES string of the molecule is CC(CS)n1cnc2ccccc21. The molecule has 68 valence electrons. The third-order valence-electron chi connectivity index (χ3n) is 2.22. The van der Waals surface area contributed by atoms with E-state index in [9.17, 15) is 0 Å². The average molecular weight is 192 g/mol. The van der Waals surface area contributed by atoms with E-state index in [1.807, 2.05) is 24.5 Å². The highest BCUT2D eigenvalue weighted by molar-refractivity contribution is 7.80. The number of hydrogen-bond donors (Lipinski definition) is 1. The predicted molar refractivity (Wildman–Crippen MR) is 58.3 cm³/mol. The van der Waals surface area contributed by atoms with Crippen LogP contribution in [0.1, 0.15) is 13.0 Å². The number of hydrogen-bond acceptors (Lipinski definition) is 2. The molecule has 2 rings (SSSR count). The number of rotatable bonds is 2. The Morgan fingerprint density at radius 3 is 3.00 bits per heavy atom. The maximum absolute atomic E-state index is 4.32. The van der Waals surface area contributed by atoms with E-state index in [1.54, 1.807) is 0 Å². The summed E-state index contributed by atoms with van der Waals surface area (Å²) in [5.41, 5.74) is 2.24. The van der Waals surface area contributed by atoms with Crippen LogP contribution in [0.4, 0.5) is 0 Å². The van der Waals surface area contributed by atoms with Gasteiger partial charge in [0.1, 0.15) is 0 Å². The monoisotopic (exact) mass is 192 g/mol. The molecule has 0 aliphatic heterocycles. The molecule has 0 spiro atoms. The van der Waals surface area contributed by atoms with Gasteiger partial charge >= 0.3 is 0 Å². The minimum atomic E-state index is 0.399. The Bertz CT molecular complexity index is 408. The summed E-state index contributed by atoms with van der Waals surface area (Å²) in [4.78, 5) is 4.32. The number of aromatic nitrogens is 2. The molecule has 1 atom stereocenters. The summed E-state index contributed by atoms with van der Waals surface area (Å²) >= 11 is 4.28. The molecule has 0 aliphatic carbocycles. The van der Waals surface area contributed by atoms with Crippen LogP contribution in [0.15, 0.2) is 30.6 Å². The van der Waals surface area contributed by atoms with Crippen LogP contribution in [-0.2, 0) is 0 Å². The van der Waals surface area contributed by atoms with Crippen LogP contribution in [0.3, 0.4) is 0 Å². The normalized spacial score (nSPS) is 13.4. The molecule has 3 heteroatoms. The molecule has 2 aromatic rings. The first-order valence-corrected chi connectivity index (χ1v) is 4.98. The van der Waals surface area contributed by atoms with Gasteiger partial charge in [-0.1, -0.05) is 12.1 Å². The summed E-state index contributed by atoms with van der Waals surface area (Å²) in [6.07, 6.45) is 1.88. The van der Waals surface area contributed by atoms with Crippen LogP contribution in [0.25, 0.3) is 11.0 Å². The smallest absolute Gasteiger partial charge is 0.0961 e. The second-order valence-corrected chi connectivity index (χ2v) is 3.54. The molecule has 0 saturated carbocycles. The summed E-state index contributed by atoms with van der Waals surface area (Å²) in [6, 6.07) is 8.55. The molecule has 0 bridgehead atoms. The number of imidazole rings is 1. The summed E-state index contributed by atoms with van der Waals surface area (Å²) in [5.74, 6) is 0.834. The van der Waals surface area contributed by atoms with Crippen LogP contribution in [-0.4, -0.2) is 15.3 Å². The number of para-hydroxylation sites is 2. The van der Waals surface area contributed by atoms with Gasteiger partial charge < -0.3 is 4.57 Å². The van der Waals surface area contributed by atoms with Crippen LogP contribution in [0.5, 0.6) is 0 Å². The minimum absolute atomic E-state index is 0.399. The molecule has 0 saturated heterocycles. The predicted octanol–water partition coefficient (Wildman–Crippen LogP) is 2.53. The van der Waals surface area contributed by atoms with Crippen molar-refractivity contribution in [3.05, 3.63) is 30.6 Å². The summed E-state index contributed by atoms with van der Waals surface area (Å²) in [5, 5.41) is 0. The molecular weight excluding hydrogens is 180 g/mol. The lowest BCUT2D eigenvalue weighted by atomic mass is 10.3. The lowest BCUT2D eigenvalue weighted by Gasteiger charge is -2.10. The van der Waals surface area contributed by atoms with E-state index in [0.29, 0.717) is 6.04 Å². The Morgan fingerprint density at radius 1 is 1.46 bits per heavy atom. The summed E-state index contributed by atoms with van der Waals surface area (Å²) < 4.78 is 2.16. The topological polar surface area (TPSA) is 17.8 Å². The first-order valence-electron chi connectivity index (χ1n) is 4.35. The van der Waals surface area contributed by atoms with Crippen molar-refractivity contribution < 1.29 is 0 Å². The zero-order valence-electron chi connectivity index (χ0n) is 7.51. The van der Waals surface area contributed by atoms with Crippen molar-refractivity contribution in [2.24, 2.45) is 0 Å². The first kappa shape index (κ1) is 8.63. The van der Waals surface area contributed by atoms with Crippen molar-refractivity contribution in [2.45, 2.75) is 13.0 Å².